The van der Waals surface area contributed by atoms with E-state index < -0.39 is 0 Å². The van der Waals surface area contributed by atoms with Gasteiger partial charge in [-0.2, -0.15) is 0 Å². The van der Waals surface area contributed by atoms with Crippen LogP contribution in [0.1, 0.15) is 10.4 Å². The largest absolute Gasteiger partial charge is 0.465 e. The quantitative estimate of drug-likeness (QED) is 0.807. The van der Waals surface area contributed by atoms with E-state index in [0.29, 0.717) is 18.2 Å². The molecule has 5 nitrogen and oxygen atoms in total. The molecule has 5 heteroatoms. The second kappa shape index (κ2) is 6.04. The van der Waals surface area contributed by atoms with Crippen molar-refractivity contribution in [3.63, 3.8) is 0 Å². The van der Waals surface area contributed by atoms with Crippen LogP contribution in [-0.4, -0.2) is 57.2 Å². The van der Waals surface area contributed by atoms with Gasteiger partial charge in [-0.15, -0.1) is 0 Å². The molecule has 0 saturated carbocycles. The van der Waals surface area contributed by atoms with Crippen molar-refractivity contribution in [3.8, 4) is 0 Å². The van der Waals surface area contributed by atoms with E-state index in [1.165, 1.54) is 7.11 Å². The van der Waals surface area contributed by atoms with Crippen LogP contribution in [0.15, 0.2) is 24.3 Å². The molecule has 1 aliphatic rings. The van der Waals surface area contributed by atoms with Gasteiger partial charge in [-0.25, -0.2) is 4.79 Å². The first-order chi connectivity index (χ1) is 9.17. The topological polar surface area (TPSA) is 58.8 Å². The second-order valence-corrected chi connectivity index (χ2v) is 4.82. The number of ether oxygens (including phenoxy) is 1. The molecule has 0 amide bonds. The van der Waals surface area contributed by atoms with Crippen molar-refractivity contribution in [2.45, 2.75) is 6.04 Å². The molecule has 1 aromatic rings. The summed E-state index contributed by atoms with van der Waals surface area (Å²) >= 11 is 0. The third kappa shape index (κ3) is 2.88. The summed E-state index contributed by atoms with van der Waals surface area (Å²) in [6.45, 7) is 3.28. The minimum Gasteiger partial charge on any atom is -0.465 e. The third-order valence-corrected chi connectivity index (χ3v) is 3.70. The Bertz CT molecular complexity index is 450. The number of carbonyl (C=O) groups is 1. The summed E-state index contributed by atoms with van der Waals surface area (Å²) in [4.78, 5) is 16.3. The van der Waals surface area contributed by atoms with Gasteiger partial charge in [0, 0.05) is 32.2 Å². The molecule has 0 aliphatic carbocycles. The number of nitrogens with zero attached hydrogens (tertiary/aromatic N) is 2. The molecular formula is C14H21N3O2. The fourth-order valence-corrected chi connectivity index (χ4v) is 2.45. The highest BCUT2D eigenvalue weighted by molar-refractivity contribution is 5.95. The van der Waals surface area contributed by atoms with Crippen molar-refractivity contribution in [2.75, 3.05) is 45.2 Å². The fourth-order valence-electron chi connectivity index (χ4n) is 2.45. The van der Waals surface area contributed by atoms with E-state index in [-0.39, 0.29) is 5.97 Å². The number of carbonyl (C=O) groups excluding carboxylic acids is 1. The van der Waals surface area contributed by atoms with E-state index in [0.717, 1.165) is 25.3 Å². The number of hydrogen-bond acceptors (Lipinski definition) is 5. The monoisotopic (exact) mass is 263 g/mol. The molecule has 0 spiro atoms. The lowest BCUT2D eigenvalue weighted by atomic mass is 10.1. The van der Waals surface area contributed by atoms with Crippen molar-refractivity contribution < 1.29 is 9.53 Å². The Balaban J connectivity index is 2.24. The van der Waals surface area contributed by atoms with Crippen LogP contribution in [0.5, 0.6) is 0 Å². The maximum absolute atomic E-state index is 11.8. The summed E-state index contributed by atoms with van der Waals surface area (Å²) in [5, 5.41) is 0. The zero-order chi connectivity index (χ0) is 13.8. The van der Waals surface area contributed by atoms with Gasteiger partial charge in [0.15, 0.2) is 0 Å². The standard InChI is InChI=1S/C14H21N3O2/c1-16-7-8-17(10-11(16)9-15)13-6-4-3-5-12(13)14(18)19-2/h3-6,11H,7-10,15H2,1-2H3. The Kier molecular flexibility index (Phi) is 4.39. The predicted octanol–water partition coefficient (Wildman–Crippen LogP) is 0.552. The van der Waals surface area contributed by atoms with Crippen molar-refractivity contribution in [3.05, 3.63) is 29.8 Å². The van der Waals surface area contributed by atoms with E-state index in [4.69, 9.17) is 10.5 Å². The molecule has 0 radical (unpaired) electrons. The van der Waals surface area contributed by atoms with Crippen LogP contribution in [0, 0.1) is 0 Å². The molecule has 1 fully saturated rings. The zero-order valence-electron chi connectivity index (χ0n) is 11.5. The second-order valence-electron chi connectivity index (χ2n) is 4.82. The minimum absolute atomic E-state index is 0.293. The number of para-hydroxylation sites is 1. The number of anilines is 1. The Morgan fingerprint density at radius 1 is 1.42 bits per heavy atom. The number of likely N-dealkylation sites (N-methyl/N-ethyl adjacent to an activating group) is 1. The van der Waals surface area contributed by atoms with Gasteiger partial charge in [0.05, 0.1) is 18.4 Å². The SMILES string of the molecule is COC(=O)c1ccccc1N1CCN(C)C(CN)C1. The van der Waals surface area contributed by atoms with E-state index in [1.54, 1.807) is 6.07 Å². The lowest BCUT2D eigenvalue weighted by molar-refractivity contribution is 0.0601. The van der Waals surface area contributed by atoms with Crippen LogP contribution in [0.3, 0.4) is 0 Å². The number of rotatable bonds is 3. The van der Waals surface area contributed by atoms with Crippen LogP contribution in [0.4, 0.5) is 5.69 Å². The maximum Gasteiger partial charge on any atom is 0.339 e. The Morgan fingerprint density at radius 2 is 2.16 bits per heavy atom. The summed E-state index contributed by atoms with van der Waals surface area (Å²) in [7, 11) is 3.49. The number of nitrogens with two attached hydrogens (primary N) is 1. The van der Waals surface area contributed by atoms with Crippen molar-refractivity contribution in [1.82, 2.24) is 4.90 Å². The van der Waals surface area contributed by atoms with Crippen LogP contribution < -0.4 is 10.6 Å². The van der Waals surface area contributed by atoms with Crippen LogP contribution in [0.25, 0.3) is 0 Å². The lowest BCUT2D eigenvalue weighted by Gasteiger charge is -2.40. The Morgan fingerprint density at radius 3 is 2.84 bits per heavy atom. The van der Waals surface area contributed by atoms with Gasteiger partial charge in [0.25, 0.3) is 0 Å². The van der Waals surface area contributed by atoms with Crippen molar-refractivity contribution >= 4 is 11.7 Å². The smallest absolute Gasteiger partial charge is 0.339 e. The van der Waals surface area contributed by atoms with E-state index in [1.807, 2.05) is 18.2 Å². The minimum atomic E-state index is -0.293. The van der Waals surface area contributed by atoms with Crippen LogP contribution in [0.2, 0.25) is 0 Å². The van der Waals surface area contributed by atoms with Crippen LogP contribution >= 0.6 is 0 Å². The molecule has 1 aliphatic heterocycles. The molecule has 2 rings (SSSR count). The summed E-state index contributed by atoms with van der Waals surface area (Å²) in [6.07, 6.45) is 0. The average Bonchev–Trinajstić information content (AvgIpc) is 2.47. The summed E-state index contributed by atoms with van der Waals surface area (Å²) in [5.41, 5.74) is 7.35. The summed E-state index contributed by atoms with van der Waals surface area (Å²) in [6, 6.07) is 7.88. The molecule has 0 bridgehead atoms. The van der Waals surface area contributed by atoms with Gasteiger partial charge in [-0.1, -0.05) is 12.1 Å². The highest BCUT2D eigenvalue weighted by atomic mass is 16.5. The van der Waals surface area contributed by atoms with Gasteiger partial charge in [-0.05, 0) is 19.2 Å². The third-order valence-electron chi connectivity index (χ3n) is 3.70. The maximum atomic E-state index is 11.8. The first kappa shape index (κ1) is 13.8. The normalized spacial score (nSPS) is 20.4. The molecule has 2 N–H and O–H groups in total. The van der Waals surface area contributed by atoms with Gasteiger partial charge >= 0.3 is 5.97 Å². The zero-order valence-corrected chi connectivity index (χ0v) is 11.5. The van der Waals surface area contributed by atoms with E-state index in [2.05, 4.69) is 16.8 Å². The van der Waals surface area contributed by atoms with Crippen molar-refractivity contribution in [1.29, 1.82) is 0 Å². The van der Waals surface area contributed by atoms with Gasteiger partial charge in [-0.3, -0.25) is 4.90 Å². The highest BCUT2D eigenvalue weighted by Gasteiger charge is 2.25. The number of methoxy groups -OCH3 is 1. The van der Waals surface area contributed by atoms with Gasteiger partial charge in [0.1, 0.15) is 0 Å². The number of benzene rings is 1. The Hall–Kier alpha value is -1.59. The van der Waals surface area contributed by atoms with Crippen molar-refractivity contribution in [2.24, 2.45) is 5.73 Å². The number of piperazine rings is 1. The fraction of sp³-hybridized carbons (Fsp3) is 0.500. The molecule has 19 heavy (non-hydrogen) atoms. The van der Waals surface area contributed by atoms with E-state index >= 15 is 0 Å². The Labute approximate surface area is 113 Å². The molecule has 0 aromatic heterocycles. The van der Waals surface area contributed by atoms with Crippen LogP contribution in [-0.2, 0) is 4.74 Å². The summed E-state index contributed by atoms with van der Waals surface area (Å²) in [5.74, 6) is -0.293. The number of esters is 1. The molecule has 1 aromatic carbocycles. The molecule has 1 saturated heterocycles. The van der Waals surface area contributed by atoms with Gasteiger partial charge in [0.2, 0.25) is 0 Å². The molecular weight excluding hydrogens is 242 g/mol. The van der Waals surface area contributed by atoms with E-state index in [9.17, 15) is 4.79 Å². The molecule has 104 valence electrons. The number of hydrogen-bond donors (Lipinski definition) is 1. The lowest BCUT2D eigenvalue weighted by Crippen LogP contribution is -2.54. The first-order valence-corrected chi connectivity index (χ1v) is 6.50. The average molecular weight is 263 g/mol. The summed E-state index contributed by atoms with van der Waals surface area (Å²) < 4.78 is 4.84. The molecule has 1 atom stereocenters. The molecule has 1 heterocycles. The highest BCUT2D eigenvalue weighted by Crippen LogP contribution is 2.23. The van der Waals surface area contributed by atoms with Gasteiger partial charge < -0.3 is 15.4 Å². The first-order valence-electron chi connectivity index (χ1n) is 6.50. The predicted molar refractivity (Wildman–Crippen MR) is 75.5 cm³/mol. The molecule has 1 unspecified atom stereocenters.